The second-order valence-corrected chi connectivity index (χ2v) is 7.03. The number of amides is 1. The van der Waals surface area contributed by atoms with Gasteiger partial charge in [0.15, 0.2) is 0 Å². The smallest absolute Gasteiger partial charge is 0.261 e. The van der Waals surface area contributed by atoms with Crippen molar-refractivity contribution in [3.63, 3.8) is 0 Å². The van der Waals surface area contributed by atoms with E-state index in [9.17, 15) is 13.2 Å². The zero-order chi connectivity index (χ0) is 17.0. The van der Waals surface area contributed by atoms with Gasteiger partial charge in [-0.2, -0.15) is 0 Å². The Kier molecular flexibility index (Phi) is 5.01. The summed E-state index contributed by atoms with van der Waals surface area (Å²) in [5.41, 5.74) is 0.279. The molecule has 0 radical (unpaired) electrons. The number of methoxy groups -OCH3 is 2. The summed E-state index contributed by atoms with van der Waals surface area (Å²) in [6.45, 7) is 0. The molecule has 124 valence electrons. The third kappa shape index (κ3) is 4.53. The van der Waals surface area contributed by atoms with Crippen LogP contribution in [0.2, 0.25) is 0 Å². The lowest BCUT2D eigenvalue weighted by Gasteiger charge is -2.09. The Labute approximate surface area is 136 Å². The van der Waals surface area contributed by atoms with Crippen molar-refractivity contribution in [2.45, 2.75) is 0 Å². The molecule has 0 fully saturated rings. The zero-order valence-electron chi connectivity index (χ0n) is 12.5. The Morgan fingerprint density at radius 1 is 1.17 bits per heavy atom. The Morgan fingerprint density at radius 3 is 2.48 bits per heavy atom. The zero-order valence-corrected chi connectivity index (χ0v) is 14.1. The number of carbonyl (C=O) groups excluding carboxylic acids is 1. The maximum atomic E-state index is 12.3. The highest BCUT2D eigenvalue weighted by Gasteiger charge is 2.16. The Morgan fingerprint density at radius 2 is 1.87 bits per heavy atom. The van der Waals surface area contributed by atoms with Gasteiger partial charge in [-0.25, -0.2) is 8.42 Å². The van der Waals surface area contributed by atoms with Gasteiger partial charge in [-0.1, -0.05) is 11.3 Å². The number of ether oxygens (including phenoxy) is 2. The Bertz CT molecular complexity index is 819. The average Bonchev–Trinajstić information content (AvgIpc) is 2.91. The van der Waals surface area contributed by atoms with E-state index < -0.39 is 15.9 Å². The van der Waals surface area contributed by atoms with E-state index in [1.54, 1.807) is 18.2 Å². The molecule has 1 amide bonds. The van der Waals surface area contributed by atoms with Crippen LogP contribution in [0.3, 0.4) is 0 Å². The first-order valence-corrected chi connectivity index (χ1v) is 8.88. The SMILES string of the molecule is COc1ccc(C(=O)Nc2nnc(NS(C)(=O)=O)s2)c(OC)c1. The van der Waals surface area contributed by atoms with Crippen LogP contribution in [0, 0.1) is 0 Å². The molecule has 2 aromatic rings. The quantitative estimate of drug-likeness (QED) is 0.795. The van der Waals surface area contributed by atoms with Crippen molar-refractivity contribution in [2.24, 2.45) is 0 Å². The minimum Gasteiger partial charge on any atom is -0.497 e. The van der Waals surface area contributed by atoms with Gasteiger partial charge in [0.2, 0.25) is 20.3 Å². The highest BCUT2D eigenvalue weighted by molar-refractivity contribution is 7.92. The van der Waals surface area contributed by atoms with Crippen molar-refractivity contribution in [1.29, 1.82) is 0 Å². The van der Waals surface area contributed by atoms with Gasteiger partial charge >= 0.3 is 0 Å². The lowest BCUT2D eigenvalue weighted by Crippen LogP contribution is -2.13. The molecule has 23 heavy (non-hydrogen) atoms. The summed E-state index contributed by atoms with van der Waals surface area (Å²) < 4.78 is 34.6. The van der Waals surface area contributed by atoms with Crippen molar-refractivity contribution < 1.29 is 22.7 Å². The van der Waals surface area contributed by atoms with Gasteiger partial charge in [0, 0.05) is 6.07 Å². The maximum Gasteiger partial charge on any atom is 0.261 e. The van der Waals surface area contributed by atoms with Crippen LogP contribution in [-0.2, 0) is 10.0 Å². The van der Waals surface area contributed by atoms with E-state index in [1.807, 2.05) is 0 Å². The van der Waals surface area contributed by atoms with Crippen molar-refractivity contribution in [2.75, 3.05) is 30.5 Å². The van der Waals surface area contributed by atoms with Crippen LogP contribution < -0.4 is 19.5 Å². The van der Waals surface area contributed by atoms with Gasteiger partial charge in [0.05, 0.1) is 26.0 Å². The van der Waals surface area contributed by atoms with Crippen LogP contribution in [0.25, 0.3) is 0 Å². The van der Waals surface area contributed by atoms with Crippen molar-refractivity contribution in [3.8, 4) is 11.5 Å². The van der Waals surface area contributed by atoms with E-state index >= 15 is 0 Å². The fraction of sp³-hybridized carbons (Fsp3) is 0.250. The number of hydrogen-bond donors (Lipinski definition) is 2. The molecular formula is C12H14N4O5S2. The fourth-order valence-electron chi connectivity index (χ4n) is 1.62. The number of rotatable bonds is 6. The first-order chi connectivity index (χ1) is 10.8. The number of sulfonamides is 1. The summed E-state index contributed by atoms with van der Waals surface area (Å²) in [7, 11) is -0.510. The monoisotopic (exact) mass is 358 g/mol. The normalized spacial score (nSPS) is 10.9. The summed E-state index contributed by atoms with van der Waals surface area (Å²) in [4.78, 5) is 12.3. The Balaban J connectivity index is 2.16. The van der Waals surface area contributed by atoms with Gasteiger partial charge in [0.1, 0.15) is 11.5 Å². The van der Waals surface area contributed by atoms with Crippen LogP contribution in [0.5, 0.6) is 11.5 Å². The molecule has 9 nitrogen and oxygen atoms in total. The molecule has 0 bridgehead atoms. The van der Waals surface area contributed by atoms with E-state index in [2.05, 4.69) is 20.2 Å². The van der Waals surface area contributed by atoms with Gasteiger partial charge in [0.25, 0.3) is 5.91 Å². The number of nitrogens with one attached hydrogen (secondary N) is 2. The first-order valence-electron chi connectivity index (χ1n) is 6.17. The minimum absolute atomic E-state index is 0.0597. The molecule has 0 saturated carbocycles. The van der Waals surface area contributed by atoms with Gasteiger partial charge in [-0.15, -0.1) is 10.2 Å². The molecule has 1 aromatic carbocycles. The predicted molar refractivity (Wildman–Crippen MR) is 85.9 cm³/mol. The minimum atomic E-state index is -3.45. The molecule has 11 heteroatoms. The molecule has 0 unspecified atom stereocenters. The summed E-state index contributed by atoms with van der Waals surface area (Å²) in [5, 5.41) is 10.1. The summed E-state index contributed by atoms with van der Waals surface area (Å²) in [5.74, 6) is 0.418. The van der Waals surface area contributed by atoms with Gasteiger partial charge in [-0.3, -0.25) is 14.8 Å². The van der Waals surface area contributed by atoms with Crippen LogP contribution in [-0.4, -0.2) is 45.0 Å². The van der Waals surface area contributed by atoms with Crippen LogP contribution >= 0.6 is 11.3 Å². The second kappa shape index (κ2) is 6.79. The van der Waals surface area contributed by atoms with Gasteiger partial charge in [-0.05, 0) is 12.1 Å². The number of hydrogen-bond acceptors (Lipinski definition) is 8. The van der Waals surface area contributed by atoms with E-state index in [4.69, 9.17) is 9.47 Å². The van der Waals surface area contributed by atoms with E-state index in [0.29, 0.717) is 11.5 Å². The Hall–Kier alpha value is -2.40. The van der Waals surface area contributed by atoms with E-state index in [-0.39, 0.29) is 15.8 Å². The highest BCUT2D eigenvalue weighted by atomic mass is 32.2. The number of carbonyl (C=O) groups is 1. The lowest BCUT2D eigenvalue weighted by molar-refractivity contribution is 0.102. The van der Waals surface area contributed by atoms with Gasteiger partial charge < -0.3 is 9.47 Å². The largest absolute Gasteiger partial charge is 0.497 e. The molecule has 2 N–H and O–H groups in total. The standard InChI is InChI=1S/C12H14N4O5S2/c1-20-7-4-5-8(9(6-7)21-2)10(17)13-11-14-15-12(22-11)16-23(3,18)19/h4-6H,1-3H3,(H,15,16)(H,13,14,17). The number of benzene rings is 1. The molecule has 0 saturated heterocycles. The third-order valence-corrected chi connectivity index (χ3v) is 4.02. The molecule has 0 aliphatic rings. The van der Waals surface area contributed by atoms with Crippen LogP contribution in [0.4, 0.5) is 10.3 Å². The molecule has 1 aromatic heterocycles. The molecule has 2 rings (SSSR count). The fourth-order valence-corrected chi connectivity index (χ4v) is 3.09. The van der Waals surface area contributed by atoms with Crippen molar-refractivity contribution in [1.82, 2.24) is 10.2 Å². The molecule has 0 aliphatic carbocycles. The van der Waals surface area contributed by atoms with E-state index in [0.717, 1.165) is 17.6 Å². The molecule has 1 heterocycles. The molecule has 0 aliphatic heterocycles. The molecule has 0 atom stereocenters. The van der Waals surface area contributed by atoms with E-state index in [1.165, 1.54) is 14.2 Å². The molecular weight excluding hydrogens is 344 g/mol. The topological polar surface area (TPSA) is 120 Å². The number of anilines is 2. The maximum absolute atomic E-state index is 12.3. The summed E-state index contributed by atoms with van der Waals surface area (Å²) in [6.07, 6.45) is 0.995. The third-order valence-electron chi connectivity index (χ3n) is 2.57. The average molecular weight is 358 g/mol. The predicted octanol–water partition coefficient (Wildman–Crippen LogP) is 1.18. The summed E-state index contributed by atoms with van der Waals surface area (Å²) in [6, 6.07) is 4.74. The van der Waals surface area contributed by atoms with Crippen molar-refractivity contribution >= 4 is 37.5 Å². The first kappa shape index (κ1) is 17.0. The second-order valence-electron chi connectivity index (χ2n) is 4.31. The van der Waals surface area contributed by atoms with Crippen LogP contribution in [0.15, 0.2) is 18.2 Å². The summed E-state index contributed by atoms with van der Waals surface area (Å²) >= 11 is 0.894. The molecule has 0 spiro atoms. The number of aromatic nitrogens is 2. The van der Waals surface area contributed by atoms with Crippen LogP contribution in [0.1, 0.15) is 10.4 Å². The highest BCUT2D eigenvalue weighted by Crippen LogP contribution is 2.26. The van der Waals surface area contributed by atoms with Crippen molar-refractivity contribution in [3.05, 3.63) is 23.8 Å². The lowest BCUT2D eigenvalue weighted by atomic mass is 10.2. The number of nitrogens with zero attached hydrogens (tertiary/aromatic N) is 2.